The van der Waals surface area contributed by atoms with Gasteiger partial charge in [-0.1, -0.05) is 0 Å². The molecule has 1 aliphatic rings. The molecule has 1 fully saturated rings. The van der Waals surface area contributed by atoms with Crippen LogP contribution in [0.3, 0.4) is 0 Å². The largest absolute Gasteiger partial charge is 0.306 e. The van der Waals surface area contributed by atoms with E-state index < -0.39 is 0 Å². The maximum absolute atomic E-state index is 12.0. The minimum absolute atomic E-state index is 0.169. The molecule has 0 bridgehead atoms. The summed E-state index contributed by atoms with van der Waals surface area (Å²) in [5.41, 5.74) is 0. The number of rotatable bonds is 3. The smallest absolute Gasteiger partial charge is 0.144 e. The zero-order chi connectivity index (χ0) is 11.4. The molecule has 2 heterocycles. The first-order chi connectivity index (χ1) is 7.75. The van der Waals surface area contributed by atoms with Crippen molar-refractivity contribution in [3.8, 4) is 0 Å². The first-order valence-electron chi connectivity index (χ1n) is 5.73. The van der Waals surface area contributed by atoms with Crippen molar-refractivity contribution in [1.82, 2.24) is 14.9 Å². The highest BCUT2D eigenvalue weighted by molar-refractivity contribution is 5.82. The predicted octanol–water partition coefficient (Wildman–Crippen LogP) is 0.930. The normalized spacial score (nSPS) is 21.9. The Labute approximate surface area is 95.7 Å². The molecule has 1 unspecified atom stereocenters. The van der Waals surface area contributed by atoms with Crippen LogP contribution in [0.2, 0.25) is 0 Å². The molecule has 0 N–H and O–H groups in total. The number of hydrogen-bond donors (Lipinski definition) is 0. The second-order valence-electron chi connectivity index (χ2n) is 4.41. The highest BCUT2D eigenvalue weighted by Crippen LogP contribution is 2.17. The van der Waals surface area contributed by atoms with E-state index in [9.17, 15) is 4.79 Å². The zero-order valence-electron chi connectivity index (χ0n) is 9.59. The first-order valence-corrected chi connectivity index (χ1v) is 5.73. The molecule has 16 heavy (non-hydrogen) atoms. The zero-order valence-corrected chi connectivity index (χ0v) is 9.59. The number of nitrogens with zero attached hydrogens (tertiary/aromatic N) is 3. The summed E-state index contributed by atoms with van der Waals surface area (Å²) in [4.78, 5) is 22.4. The number of aromatic nitrogens is 2. The van der Waals surface area contributed by atoms with Gasteiger partial charge in [0.2, 0.25) is 0 Å². The number of carbonyl (C=O) groups excluding carboxylic acids is 1. The second kappa shape index (κ2) is 5.16. The van der Waals surface area contributed by atoms with E-state index in [2.05, 4.69) is 21.9 Å². The van der Waals surface area contributed by atoms with Crippen LogP contribution in [0.15, 0.2) is 18.5 Å². The lowest BCUT2D eigenvalue weighted by Crippen LogP contribution is -2.36. The molecule has 0 spiro atoms. The Morgan fingerprint density at radius 1 is 1.50 bits per heavy atom. The van der Waals surface area contributed by atoms with Crippen LogP contribution in [0.1, 0.15) is 18.7 Å². The van der Waals surface area contributed by atoms with Gasteiger partial charge in [-0.05, 0) is 32.5 Å². The van der Waals surface area contributed by atoms with E-state index in [-0.39, 0.29) is 11.7 Å². The Morgan fingerprint density at radius 2 is 2.25 bits per heavy atom. The Balaban J connectivity index is 1.93. The van der Waals surface area contributed by atoms with Crippen LogP contribution in [0.4, 0.5) is 0 Å². The molecule has 4 nitrogen and oxygen atoms in total. The van der Waals surface area contributed by atoms with Crippen molar-refractivity contribution in [1.29, 1.82) is 0 Å². The summed E-state index contributed by atoms with van der Waals surface area (Å²) in [5, 5.41) is 0. The summed E-state index contributed by atoms with van der Waals surface area (Å²) in [5.74, 6) is 1.08. The third-order valence-corrected chi connectivity index (χ3v) is 3.03. The third-order valence-electron chi connectivity index (χ3n) is 3.03. The van der Waals surface area contributed by atoms with Crippen LogP contribution < -0.4 is 0 Å². The van der Waals surface area contributed by atoms with Gasteiger partial charge < -0.3 is 4.90 Å². The van der Waals surface area contributed by atoms with Crippen molar-refractivity contribution in [2.45, 2.75) is 19.3 Å². The van der Waals surface area contributed by atoms with Crippen molar-refractivity contribution in [2.24, 2.45) is 5.92 Å². The maximum atomic E-state index is 12.0. The quantitative estimate of drug-likeness (QED) is 0.758. The number of likely N-dealkylation sites (tertiary alicyclic amines) is 1. The standard InChI is InChI=1S/C12H17N3O/c1-15-7-2-4-10(9-15)11(16)8-12-13-5-3-6-14-12/h3,5-6,10H,2,4,7-9H2,1H3. The van der Waals surface area contributed by atoms with E-state index in [0.29, 0.717) is 12.2 Å². The highest BCUT2D eigenvalue weighted by Gasteiger charge is 2.24. The van der Waals surface area contributed by atoms with Crippen LogP contribution in [0.25, 0.3) is 0 Å². The summed E-state index contributed by atoms with van der Waals surface area (Å²) in [6, 6.07) is 1.77. The van der Waals surface area contributed by atoms with Crippen LogP contribution in [0, 0.1) is 5.92 Å². The van der Waals surface area contributed by atoms with Gasteiger partial charge >= 0.3 is 0 Å². The summed E-state index contributed by atoms with van der Waals surface area (Å²) in [7, 11) is 2.07. The number of Topliss-reactive ketones (excluding diaryl/α,β-unsaturated/α-hetero) is 1. The molecule has 0 radical (unpaired) electrons. The Hall–Kier alpha value is -1.29. The average Bonchev–Trinajstić information content (AvgIpc) is 2.30. The Morgan fingerprint density at radius 3 is 2.94 bits per heavy atom. The number of piperidine rings is 1. The summed E-state index contributed by atoms with van der Waals surface area (Å²) in [6.07, 6.45) is 5.86. The molecular weight excluding hydrogens is 202 g/mol. The minimum atomic E-state index is 0.169. The SMILES string of the molecule is CN1CCCC(C(=O)Cc2ncccn2)C1. The number of carbonyl (C=O) groups is 1. The molecule has 4 heteroatoms. The second-order valence-corrected chi connectivity index (χ2v) is 4.41. The van der Waals surface area contributed by atoms with E-state index in [1.807, 2.05) is 0 Å². The van der Waals surface area contributed by atoms with Gasteiger partial charge in [-0.3, -0.25) is 4.79 Å². The van der Waals surface area contributed by atoms with Crippen molar-refractivity contribution >= 4 is 5.78 Å². The van der Waals surface area contributed by atoms with Crippen LogP contribution >= 0.6 is 0 Å². The predicted molar refractivity (Wildman–Crippen MR) is 61.0 cm³/mol. The van der Waals surface area contributed by atoms with Gasteiger partial charge in [-0.25, -0.2) is 9.97 Å². The van der Waals surface area contributed by atoms with Crippen molar-refractivity contribution < 1.29 is 4.79 Å². The van der Waals surface area contributed by atoms with Crippen molar-refractivity contribution in [2.75, 3.05) is 20.1 Å². The average molecular weight is 219 g/mol. The van der Waals surface area contributed by atoms with Crippen LogP contribution in [0.5, 0.6) is 0 Å². The fourth-order valence-electron chi connectivity index (χ4n) is 2.15. The topological polar surface area (TPSA) is 46.1 Å². The van der Waals surface area contributed by atoms with E-state index in [1.165, 1.54) is 0 Å². The molecule has 0 aromatic carbocycles. The van der Waals surface area contributed by atoms with Gasteiger partial charge in [0.25, 0.3) is 0 Å². The molecule has 1 aliphatic heterocycles. The molecule has 1 aromatic rings. The molecule has 1 atom stereocenters. The summed E-state index contributed by atoms with van der Waals surface area (Å²) < 4.78 is 0. The lowest BCUT2D eigenvalue weighted by Gasteiger charge is -2.28. The summed E-state index contributed by atoms with van der Waals surface area (Å²) in [6.45, 7) is 1.98. The number of ketones is 1. The van der Waals surface area contributed by atoms with E-state index >= 15 is 0 Å². The lowest BCUT2D eigenvalue weighted by atomic mass is 9.92. The summed E-state index contributed by atoms with van der Waals surface area (Å²) >= 11 is 0. The third kappa shape index (κ3) is 2.85. The molecule has 0 amide bonds. The molecule has 2 rings (SSSR count). The molecule has 0 aliphatic carbocycles. The molecule has 1 aromatic heterocycles. The van der Waals surface area contributed by atoms with Gasteiger partial charge in [0.05, 0.1) is 6.42 Å². The molecule has 86 valence electrons. The Bertz CT molecular complexity index is 353. The maximum Gasteiger partial charge on any atom is 0.144 e. The van der Waals surface area contributed by atoms with Crippen LogP contribution in [-0.2, 0) is 11.2 Å². The minimum Gasteiger partial charge on any atom is -0.306 e. The lowest BCUT2D eigenvalue weighted by molar-refractivity contribution is -0.123. The first kappa shape index (κ1) is 11.2. The van der Waals surface area contributed by atoms with Gasteiger partial charge in [0.15, 0.2) is 0 Å². The highest BCUT2D eigenvalue weighted by atomic mass is 16.1. The van der Waals surface area contributed by atoms with Gasteiger partial charge in [-0.2, -0.15) is 0 Å². The molecular formula is C12H17N3O. The van der Waals surface area contributed by atoms with E-state index in [1.54, 1.807) is 18.5 Å². The molecule has 1 saturated heterocycles. The van der Waals surface area contributed by atoms with Gasteiger partial charge in [0, 0.05) is 24.9 Å². The van der Waals surface area contributed by atoms with Gasteiger partial charge in [0.1, 0.15) is 11.6 Å². The number of hydrogen-bond acceptors (Lipinski definition) is 4. The van der Waals surface area contributed by atoms with Crippen molar-refractivity contribution in [3.05, 3.63) is 24.3 Å². The van der Waals surface area contributed by atoms with Crippen molar-refractivity contribution in [3.63, 3.8) is 0 Å². The fraction of sp³-hybridized carbons (Fsp3) is 0.583. The fourth-order valence-corrected chi connectivity index (χ4v) is 2.15. The molecule has 0 saturated carbocycles. The van der Waals surface area contributed by atoms with E-state index in [4.69, 9.17) is 0 Å². The van der Waals surface area contributed by atoms with Crippen LogP contribution in [-0.4, -0.2) is 40.8 Å². The van der Waals surface area contributed by atoms with E-state index in [0.717, 1.165) is 25.9 Å². The Kier molecular flexibility index (Phi) is 3.62. The van der Waals surface area contributed by atoms with Gasteiger partial charge in [-0.15, -0.1) is 0 Å². The monoisotopic (exact) mass is 219 g/mol.